The zero-order valence-electron chi connectivity index (χ0n) is 32.6. The lowest BCUT2D eigenvalue weighted by atomic mass is 9.68. The van der Waals surface area contributed by atoms with Crippen LogP contribution in [-0.4, -0.2) is 122 Å². The Hall–Kier alpha value is -4.50. The van der Waals surface area contributed by atoms with Crippen LogP contribution in [0.5, 0.6) is 11.5 Å². The molecule has 2 bridgehead atoms. The Balaban J connectivity index is 0.000000536. The van der Waals surface area contributed by atoms with Crippen LogP contribution in [0.15, 0.2) is 30.7 Å². The summed E-state index contributed by atoms with van der Waals surface area (Å²) >= 11 is 0. The van der Waals surface area contributed by atoms with Gasteiger partial charge in [-0.1, -0.05) is 12.8 Å². The van der Waals surface area contributed by atoms with Crippen LogP contribution in [0, 0.1) is 29.0 Å². The first kappa shape index (κ1) is 42.6. The Kier molecular flexibility index (Phi) is 14.2. The van der Waals surface area contributed by atoms with Gasteiger partial charge in [-0.25, -0.2) is 19.2 Å². The van der Waals surface area contributed by atoms with Gasteiger partial charge in [-0.15, -0.1) is 0 Å². The maximum absolute atomic E-state index is 14.4. The number of nitrogens with zero attached hydrogens (tertiary/aromatic N) is 5. The zero-order valence-corrected chi connectivity index (χ0v) is 32.6. The van der Waals surface area contributed by atoms with E-state index in [1.165, 1.54) is 63.1 Å². The molecular weight excluding hydrogens is 727 g/mol. The molecule has 6 fully saturated rings. The van der Waals surface area contributed by atoms with Crippen molar-refractivity contribution in [3.8, 4) is 11.5 Å². The smallest absolute Gasteiger partial charge is 0.373 e. The van der Waals surface area contributed by atoms with E-state index in [4.69, 9.17) is 29.6 Å². The number of ether oxygens (including phenoxy) is 1. The van der Waals surface area contributed by atoms with Crippen LogP contribution in [0.25, 0.3) is 0 Å². The number of aliphatic hydroxyl groups is 2. The van der Waals surface area contributed by atoms with Gasteiger partial charge < -0.3 is 40.1 Å². The van der Waals surface area contributed by atoms with Gasteiger partial charge in [0.25, 0.3) is 5.91 Å². The van der Waals surface area contributed by atoms with Gasteiger partial charge >= 0.3 is 12.1 Å². The topological polar surface area (TPSA) is 203 Å². The molecule has 6 aliphatic rings. The molecule has 5 heterocycles. The van der Waals surface area contributed by atoms with Crippen LogP contribution >= 0.6 is 0 Å². The highest BCUT2D eigenvalue weighted by Crippen LogP contribution is 2.47. The van der Waals surface area contributed by atoms with E-state index in [9.17, 15) is 18.8 Å². The van der Waals surface area contributed by atoms with Crippen LogP contribution < -0.4 is 15.0 Å². The summed E-state index contributed by atoms with van der Waals surface area (Å²) in [4.78, 5) is 67.8. The van der Waals surface area contributed by atoms with E-state index >= 15 is 0 Å². The third-order valence-electron chi connectivity index (χ3n) is 11.8. The normalized spacial score (nSPS) is 23.9. The number of amides is 2. The molecule has 0 radical (unpaired) electrons. The monoisotopic (exact) mass is 782 g/mol. The van der Waals surface area contributed by atoms with Crippen LogP contribution in [0.2, 0.25) is 0 Å². The molecule has 4 saturated heterocycles. The maximum atomic E-state index is 14.4. The lowest BCUT2D eigenvalue weighted by molar-refractivity contribution is -0.191. The molecule has 15 nitrogen and oxygen atoms in total. The summed E-state index contributed by atoms with van der Waals surface area (Å²) in [6, 6.07) is 4.45. The molecule has 16 heteroatoms. The van der Waals surface area contributed by atoms with Gasteiger partial charge in [0.05, 0.1) is 24.4 Å². The van der Waals surface area contributed by atoms with E-state index in [0.29, 0.717) is 29.4 Å². The minimum Gasteiger partial charge on any atom is -0.479 e. The van der Waals surface area contributed by atoms with Gasteiger partial charge in [-0.3, -0.25) is 9.59 Å². The quantitative estimate of drug-likeness (QED) is 0.258. The van der Waals surface area contributed by atoms with Gasteiger partial charge in [-0.2, -0.15) is 9.59 Å². The predicted molar refractivity (Wildman–Crippen MR) is 200 cm³/mol. The number of aliphatic hydroxyl groups excluding tert-OH is 2. The number of aliphatic carboxylic acids is 1. The summed E-state index contributed by atoms with van der Waals surface area (Å²) < 4.78 is 20.7. The number of aromatic nitrogens is 2. The Morgan fingerprint density at radius 1 is 1.05 bits per heavy atom. The number of fused-ring (bicyclic) bond motifs is 3. The minimum absolute atomic E-state index is 0.00161. The number of likely N-dealkylation sites (tertiary alicyclic amines) is 1. The molecule has 306 valence electrons. The third kappa shape index (κ3) is 10.1. The maximum Gasteiger partial charge on any atom is 0.373 e. The fourth-order valence-electron chi connectivity index (χ4n) is 8.91. The highest BCUT2D eigenvalue weighted by molar-refractivity contribution is 5.97. The van der Waals surface area contributed by atoms with E-state index in [1.54, 1.807) is 11.1 Å². The molecule has 1 spiro atoms. The highest BCUT2D eigenvalue weighted by Gasteiger charge is 2.50. The number of carbonyl (C=O) groups is 3. The average Bonchev–Trinajstić information content (AvgIpc) is 3.99. The van der Waals surface area contributed by atoms with E-state index in [1.807, 2.05) is 27.7 Å². The Morgan fingerprint density at radius 3 is 2.25 bits per heavy atom. The van der Waals surface area contributed by atoms with Crippen molar-refractivity contribution in [2.24, 2.45) is 23.2 Å². The number of anilines is 1. The predicted octanol–water partition coefficient (Wildman–Crippen LogP) is 3.49. The molecule has 2 saturated carbocycles. The molecule has 1 aromatic carbocycles. The SMILES string of the molecule is CC(C)N(C(=O)c1cc(F)ccc1Oc1cncnc1N1CC2(CCN(C(=O)[C@H]3N[C@H]4CC[C@@H]3C[C@H]4CC3CC3)CC2)C1)C(C)C.O=C(O)[C@H](O)CO.O=C=O. The molecule has 5 atom stereocenters. The molecule has 4 N–H and O–H groups in total. The summed E-state index contributed by atoms with van der Waals surface area (Å²) in [6.45, 7) is 10.3. The lowest BCUT2D eigenvalue weighted by Gasteiger charge is -2.55. The molecule has 4 aliphatic heterocycles. The van der Waals surface area contributed by atoms with Crippen molar-refractivity contribution in [1.82, 2.24) is 25.1 Å². The van der Waals surface area contributed by atoms with Crippen molar-refractivity contribution >= 4 is 29.8 Å². The van der Waals surface area contributed by atoms with E-state index in [-0.39, 0.29) is 46.9 Å². The molecular formula is C40H55FN6O9. The highest BCUT2D eigenvalue weighted by atomic mass is 19.1. The van der Waals surface area contributed by atoms with Gasteiger partial charge in [0, 0.05) is 49.7 Å². The van der Waals surface area contributed by atoms with E-state index in [0.717, 1.165) is 50.9 Å². The van der Waals surface area contributed by atoms with Gasteiger partial charge in [-0.05, 0) is 102 Å². The first-order chi connectivity index (χ1) is 26.7. The molecule has 2 amide bonds. The number of rotatable bonds is 11. The Labute approximate surface area is 326 Å². The van der Waals surface area contributed by atoms with Gasteiger partial charge in [0.15, 0.2) is 17.7 Å². The summed E-state index contributed by atoms with van der Waals surface area (Å²) in [5.41, 5.74) is 0.313. The average molecular weight is 783 g/mol. The fraction of sp³-hybridized carbons (Fsp3) is 0.650. The van der Waals surface area contributed by atoms with Crippen molar-refractivity contribution in [2.75, 3.05) is 37.7 Å². The number of piperidine rings is 3. The Bertz CT molecular complexity index is 1710. The van der Waals surface area contributed by atoms with Gasteiger partial charge in [0.2, 0.25) is 5.91 Å². The van der Waals surface area contributed by atoms with Crippen LogP contribution in [0.1, 0.15) is 89.4 Å². The summed E-state index contributed by atoms with van der Waals surface area (Å²) in [7, 11) is 0. The fourth-order valence-corrected chi connectivity index (χ4v) is 8.91. The van der Waals surface area contributed by atoms with Crippen LogP contribution in [-0.2, 0) is 19.2 Å². The minimum atomic E-state index is -1.63. The summed E-state index contributed by atoms with van der Waals surface area (Å²) in [5, 5.41) is 27.5. The third-order valence-corrected chi connectivity index (χ3v) is 11.8. The number of carboxylic acids is 1. The second-order valence-corrected chi connectivity index (χ2v) is 16.4. The van der Waals surface area contributed by atoms with Crippen molar-refractivity contribution < 1.29 is 48.4 Å². The van der Waals surface area contributed by atoms with Crippen molar-refractivity contribution in [1.29, 1.82) is 0 Å². The van der Waals surface area contributed by atoms with Crippen molar-refractivity contribution in [3.05, 3.63) is 42.1 Å². The lowest BCUT2D eigenvalue weighted by Crippen LogP contribution is -2.65. The number of carbonyl (C=O) groups excluding carboxylic acids is 4. The second kappa shape index (κ2) is 18.6. The molecule has 8 rings (SSSR count). The van der Waals surface area contributed by atoms with Crippen molar-refractivity contribution in [3.63, 3.8) is 0 Å². The van der Waals surface area contributed by atoms with Crippen LogP contribution in [0.4, 0.5) is 10.2 Å². The number of benzene rings is 1. The number of halogens is 1. The first-order valence-corrected chi connectivity index (χ1v) is 19.6. The number of nitrogens with one attached hydrogen (secondary N) is 1. The molecule has 2 aromatic rings. The number of carboxylic acid groups (broad SMARTS) is 1. The molecule has 1 aromatic heterocycles. The van der Waals surface area contributed by atoms with Crippen molar-refractivity contribution in [2.45, 2.75) is 109 Å². The second-order valence-electron chi connectivity index (χ2n) is 16.4. The zero-order chi connectivity index (χ0) is 40.7. The molecule has 56 heavy (non-hydrogen) atoms. The summed E-state index contributed by atoms with van der Waals surface area (Å²) in [5.74, 6) is 1.71. The Morgan fingerprint density at radius 2 is 1.71 bits per heavy atom. The number of hydrogen-bond donors (Lipinski definition) is 4. The van der Waals surface area contributed by atoms with E-state index in [2.05, 4.69) is 25.1 Å². The van der Waals surface area contributed by atoms with Crippen LogP contribution in [0.3, 0.4) is 0 Å². The van der Waals surface area contributed by atoms with Gasteiger partial charge in [0.1, 0.15) is 17.9 Å². The molecule has 0 unspecified atom stereocenters. The first-order valence-electron chi connectivity index (χ1n) is 19.6. The summed E-state index contributed by atoms with van der Waals surface area (Å²) in [6.07, 6.45) is 11.5. The largest absolute Gasteiger partial charge is 0.479 e. The standard InChI is InChI=1S/C36H49FN6O3.C3H6O4.CO2/c1-22(2)43(23(3)4)34(44)28-17-27(37)8-10-30(28)46-31-18-38-21-39-33(31)42-19-36(20-42)11-13-41(14-12-36)35(45)32-25-7-9-29(40-32)26(16-25)15-24-5-6-24;4-1-2(5)3(6)7;2-1-3/h8,10,17-18,21-26,29,32,40H,5-7,9,11-16,19-20H2,1-4H3;2,4-5H,1H2,(H,6,7);/t25-,26-,29+,32+;2-;/m11./s1. The van der Waals surface area contributed by atoms with E-state index < -0.39 is 24.5 Å². The number of hydrogen-bond acceptors (Lipinski definition) is 12. The molecule has 2 aliphatic carbocycles.